The van der Waals surface area contributed by atoms with Gasteiger partial charge >= 0.3 is 5.97 Å². The number of carboxylic acids is 1. The molecule has 1 aliphatic rings. The largest absolute Gasteiger partial charge is 0.481 e. The molecule has 0 fully saturated rings. The van der Waals surface area contributed by atoms with Crippen LogP contribution in [-0.2, 0) is 17.6 Å². The zero-order chi connectivity index (χ0) is 14.3. The molecule has 0 saturated heterocycles. The molecule has 5 nitrogen and oxygen atoms in total. The summed E-state index contributed by atoms with van der Waals surface area (Å²) in [7, 11) is 0. The number of fused-ring (bicyclic) bond motifs is 3. The van der Waals surface area contributed by atoms with Crippen LogP contribution in [-0.4, -0.2) is 16.0 Å². The second kappa shape index (κ2) is 4.45. The van der Waals surface area contributed by atoms with Gasteiger partial charge in [0.2, 0.25) is 0 Å². The Balaban J connectivity index is 2.01. The zero-order valence-corrected chi connectivity index (χ0v) is 10.5. The third kappa shape index (κ3) is 2.03. The van der Waals surface area contributed by atoms with Gasteiger partial charge in [-0.25, -0.2) is 0 Å². The van der Waals surface area contributed by atoms with Gasteiger partial charge in [0.15, 0.2) is 0 Å². The highest BCUT2D eigenvalue weighted by Crippen LogP contribution is 2.38. The van der Waals surface area contributed by atoms with Crippen molar-refractivity contribution < 1.29 is 14.8 Å². The van der Waals surface area contributed by atoms with E-state index in [-0.39, 0.29) is 12.1 Å². The third-order valence-corrected chi connectivity index (χ3v) is 3.50. The van der Waals surface area contributed by atoms with Crippen molar-refractivity contribution in [1.29, 1.82) is 0 Å². The van der Waals surface area contributed by atoms with Crippen molar-refractivity contribution in [2.75, 3.05) is 0 Å². The highest BCUT2D eigenvalue weighted by Gasteiger charge is 2.21. The maximum absolute atomic E-state index is 10.8. The number of aliphatic carboxylic acids is 1. The number of nitrogens with zero attached hydrogens (tertiary/aromatic N) is 1. The van der Waals surface area contributed by atoms with E-state index in [1.165, 1.54) is 6.07 Å². The topological polar surface area (TPSA) is 80.4 Å². The molecule has 2 aromatic rings. The summed E-state index contributed by atoms with van der Waals surface area (Å²) in [4.78, 5) is 21.1. The Labute approximate surface area is 114 Å². The number of carbonyl (C=O) groups is 1. The molecule has 0 aliphatic heterocycles. The first-order valence-electron chi connectivity index (χ1n) is 6.16. The van der Waals surface area contributed by atoms with Gasteiger partial charge in [-0.1, -0.05) is 18.2 Å². The summed E-state index contributed by atoms with van der Waals surface area (Å²) in [5, 5.41) is 19.6. The summed E-state index contributed by atoms with van der Waals surface area (Å²) in [6.45, 7) is 0. The number of carboxylic acid groups (broad SMARTS) is 1. The maximum Gasteiger partial charge on any atom is 0.307 e. The van der Waals surface area contributed by atoms with Crippen molar-refractivity contribution in [3.8, 4) is 11.1 Å². The van der Waals surface area contributed by atoms with Crippen LogP contribution in [0.1, 0.15) is 16.7 Å². The van der Waals surface area contributed by atoms with Crippen LogP contribution >= 0.6 is 0 Å². The number of nitro benzene ring substituents is 1. The van der Waals surface area contributed by atoms with Gasteiger partial charge in [0, 0.05) is 12.1 Å². The van der Waals surface area contributed by atoms with E-state index >= 15 is 0 Å². The predicted octanol–water partition coefficient (Wildman–Crippen LogP) is 2.79. The van der Waals surface area contributed by atoms with Gasteiger partial charge in [-0.15, -0.1) is 0 Å². The summed E-state index contributed by atoms with van der Waals surface area (Å²) in [5.41, 5.74) is 4.80. The first kappa shape index (κ1) is 12.3. The summed E-state index contributed by atoms with van der Waals surface area (Å²) in [6.07, 6.45) is 0.601. The number of benzene rings is 2. The fourth-order valence-electron chi connectivity index (χ4n) is 2.65. The number of rotatable bonds is 3. The fraction of sp³-hybridized carbons (Fsp3) is 0.133. The molecule has 2 aromatic carbocycles. The lowest BCUT2D eigenvalue weighted by Gasteiger charge is -2.03. The SMILES string of the molecule is O=C(O)Cc1ccc2c(c1)Cc1cc([N+](=O)[O-])ccc1-2. The van der Waals surface area contributed by atoms with Crippen molar-refractivity contribution >= 4 is 11.7 Å². The summed E-state index contributed by atoms with van der Waals surface area (Å²) in [6, 6.07) is 10.4. The monoisotopic (exact) mass is 269 g/mol. The smallest absolute Gasteiger partial charge is 0.307 e. The molecule has 3 rings (SSSR count). The fourth-order valence-corrected chi connectivity index (χ4v) is 2.65. The predicted molar refractivity (Wildman–Crippen MR) is 72.7 cm³/mol. The van der Waals surface area contributed by atoms with Crippen molar-refractivity contribution in [3.63, 3.8) is 0 Å². The molecule has 5 heteroatoms. The zero-order valence-electron chi connectivity index (χ0n) is 10.5. The van der Waals surface area contributed by atoms with E-state index in [1.54, 1.807) is 18.2 Å². The Morgan fingerprint density at radius 3 is 2.45 bits per heavy atom. The molecule has 0 spiro atoms. The molecule has 100 valence electrons. The highest BCUT2D eigenvalue weighted by atomic mass is 16.6. The number of non-ortho nitro benzene ring substituents is 1. The average molecular weight is 269 g/mol. The first-order valence-corrected chi connectivity index (χ1v) is 6.16. The van der Waals surface area contributed by atoms with Crippen LogP contribution in [0.5, 0.6) is 0 Å². The van der Waals surface area contributed by atoms with Crippen molar-refractivity contribution in [1.82, 2.24) is 0 Å². The van der Waals surface area contributed by atoms with Crippen LogP contribution < -0.4 is 0 Å². The molecular formula is C15H11NO4. The Morgan fingerprint density at radius 2 is 1.80 bits per heavy atom. The van der Waals surface area contributed by atoms with E-state index in [1.807, 2.05) is 12.1 Å². The lowest BCUT2D eigenvalue weighted by Crippen LogP contribution is -2.00. The number of hydrogen-bond acceptors (Lipinski definition) is 3. The summed E-state index contributed by atoms with van der Waals surface area (Å²) in [5.74, 6) is -0.865. The molecule has 1 aliphatic carbocycles. The molecule has 0 saturated carbocycles. The Bertz CT molecular complexity index is 737. The standard InChI is InChI=1S/C15H11NO4/c17-15(18)6-9-1-3-13-10(5-9)7-11-8-12(16(19)20)2-4-14(11)13/h1-5,8H,6-7H2,(H,17,18). The molecule has 0 atom stereocenters. The van der Waals surface area contributed by atoms with Gasteiger partial charge in [0.25, 0.3) is 5.69 Å². The van der Waals surface area contributed by atoms with Crippen LogP contribution in [0.25, 0.3) is 11.1 Å². The maximum atomic E-state index is 10.8. The Hall–Kier alpha value is -2.69. The highest BCUT2D eigenvalue weighted by molar-refractivity contribution is 5.79. The number of hydrogen-bond donors (Lipinski definition) is 1. The van der Waals surface area contributed by atoms with E-state index in [9.17, 15) is 14.9 Å². The molecule has 0 amide bonds. The summed E-state index contributed by atoms with van der Waals surface area (Å²) >= 11 is 0. The van der Waals surface area contributed by atoms with Gasteiger partial charge < -0.3 is 5.11 Å². The van der Waals surface area contributed by atoms with E-state index < -0.39 is 10.9 Å². The van der Waals surface area contributed by atoms with Gasteiger partial charge in [-0.05, 0) is 40.3 Å². The minimum atomic E-state index is -0.865. The minimum absolute atomic E-state index is 0.0101. The lowest BCUT2D eigenvalue weighted by molar-refractivity contribution is -0.384. The van der Waals surface area contributed by atoms with E-state index in [0.717, 1.165) is 27.8 Å². The first-order chi connectivity index (χ1) is 9.54. The van der Waals surface area contributed by atoms with Crippen LogP contribution in [0.2, 0.25) is 0 Å². The second-order valence-electron chi connectivity index (χ2n) is 4.84. The molecule has 0 radical (unpaired) electrons. The van der Waals surface area contributed by atoms with E-state index in [2.05, 4.69) is 0 Å². The number of nitro groups is 1. The van der Waals surface area contributed by atoms with Crippen LogP contribution in [0.3, 0.4) is 0 Å². The third-order valence-electron chi connectivity index (χ3n) is 3.50. The lowest BCUT2D eigenvalue weighted by atomic mass is 10.0. The van der Waals surface area contributed by atoms with Gasteiger partial charge in [-0.3, -0.25) is 14.9 Å². The van der Waals surface area contributed by atoms with Crippen molar-refractivity contribution in [2.24, 2.45) is 0 Å². The van der Waals surface area contributed by atoms with Crippen LogP contribution in [0.4, 0.5) is 5.69 Å². The van der Waals surface area contributed by atoms with Crippen LogP contribution in [0, 0.1) is 10.1 Å². The van der Waals surface area contributed by atoms with Crippen LogP contribution in [0.15, 0.2) is 36.4 Å². The molecule has 1 N–H and O–H groups in total. The van der Waals surface area contributed by atoms with Crippen molar-refractivity contribution in [2.45, 2.75) is 12.8 Å². The van der Waals surface area contributed by atoms with Gasteiger partial charge in [0.1, 0.15) is 0 Å². The molecule has 0 heterocycles. The Kier molecular flexibility index (Phi) is 2.75. The minimum Gasteiger partial charge on any atom is -0.481 e. The van der Waals surface area contributed by atoms with Gasteiger partial charge in [-0.2, -0.15) is 0 Å². The van der Waals surface area contributed by atoms with Crippen molar-refractivity contribution in [3.05, 3.63) is 63.2 Å². The Morgan fingerprint density at radius 1 is 1.15 bits per heavy atom. The summed E-state index contributed by atoms with van der Waals surface area (Å²) < 4.78 is 0. The van der Waals surface area contributed by atoms with E-state index in [0.29, 0.717) is 6.42 Å². The molecule has 20 heavy (non-hydrogen) atoms. The molecular weight excluding hydrogens is 258 g/mol. The molecule has 0 unspecified atom stereocenters. The van der Waals surface area contributed by atoms with E-state index in [4.69, 9.17) is 5.11 Å². The quantitative estimate of drug-likeness (QED) is 0.585. The van der Waals surface area contributed by atoms with Gasteiger partial charge in [0.05, 0.1) is 11.3 Å². The second-order valence-corrected chi connectivity index (χ2v) is 4.84. The average Bonchev–Trinajstić information content (AvgIpc) is 2.74. The normalized spacial score (nSPS) is 11.8. The molecule has 0 aromatic heterocycles. The molecule has 0 bridgehead atoms.